The molecule has 0 radical (unpaired) electrons. The van der Waals surface area contributed by atoms with Gasteiger partial charge in [0.2, 0.25) is 0 Å². The Morgan fingerprint density at radius 3 is 2.56 bits per heavy atom. The minimum absolute atomic E-state index is 0.0569. The Morgan fingerprint density at radius 2 is 1.89 bits per heavy atom. The molecule has 0 saturated carbocycles. The van der Waals surface area contributed by atoms with E-state index in [1.165, 1.54) is 36.3 Å². The third-order valence-corrected chi connectivity index (χ3v) is 6.00. The third-order valence-electron chi connectivity index (χ3n) is 6.00. The standard InChI is InChI=1S/C27H28FN3O5/c1-3-15-36-21-10-7-19(16-22(21)35-2)24-23(25(32)18-5-8-20(28)9-6-18)26(33)27(34)31(24)13-4-12-30-14-11-29-17-30/h5-11,14,16-17,24,32H,3-4,12-13,15H2,1-2H3/b25-23+/t24-/m1/s1. The molecule has 188 valence electrons. The number of rotatable bonds is 10. The number of ether oxygens (including phenoxy) is 2. The number of Topliss-reactive ketones (excluding diaryl/α,β-unsaturated/α-hetero) is 1. The molecule has 0 spiro atoms. The molecule has 1 amide bonds. The highest BCUT2D eigenvalue weighted by atomic mass is 19.1. The topological polar surface area (TPSA) is 93.9 Å². The second-order valence-corrected chi connectivity index (χ2v) is 8.41. The van der Waals surface area contributed by atoms with Crippen LogP contribution in [-0.4, -0.2) is 51.5 Å². The zero-order valence-corrected chi connectivity index (χ0v) is 20.2. The Bertz CT molecular complexity index is 1250. The Kier molecular flexibility index (Phi) is 7.68. The van der Waals surface area contributed by atoms with Gasteiger partial charge in [-0.1, -0.05) is 13.0 Å². The second kappa shape index (κ2) is 11.1. The Labute approximate surface area is 208 Å². The SMILES string of the molecule is CCCOc1ccc([C@@H]2/C(=C(\O)c3ccc(F)cc3)C(=O)C(=O)N2CCCn2ccnc2)cc1OC. The summed E-state index contributed by atoms with van der Waals surface area (Å²) in [4.78, 5) is 31.8. The lowest BCUT2D eigenvalue weighted by Gasteiger charge is -2.26. The molecule has 3 aromatic rings. The predicted molar refractivity (Wildman–Crippen MR) is 131 cm³/mol. The molecule has 1 N–H and O–H groups in total. The molecule has 9 heteroatoms. The number of hydrogen-bond donors (Lipinski definition) is 1. The normalized spacial score (nSPS) is 17.0. The highest BCUT2D eigenvalue weighted by Crippen LogP contribution is 2.42. The monoisotopic (exact) mass is 493 g/mol. The number of aromatic nitrogens is 2. The van der Waals surface area contributed by atoms with Crippen molar-refractivity contribution in [3.63, 3.8) is 0 Å². The van der Waals surface area contributed by atoms with Crippen LogP contribution in [0.5, 0.6) is 11.5 Å². The van der Waals surface area contributed by atoms with Crippen molar-refractivity contribution in [1.29, 1.82) is 0 Å². The molecule has 0 aliphatic carbocycles. The van der Waals surface area contributed by atoms with Gasteiger partial charge in [0.15, 0.2) is 11.5 Å². The summed E-state index contributed by atoms with van der Waals surface area (Å²) >= 11 is 0. The number of aryl methyl sites for hydroxylation is 1. The highest BCUT2D eigenvalue weighted by molar-refractivity contribution is 6.46. The van der Waals surface area contributed by atoms with Gasteiger partial charge >= 0.3 is 0 Å². The number of aliphatic hydroxyl groups is 1. The smallest absolute Gasteiger partial charge is 0.295 e. The summed E-state index contributed by atoms with van der Waals surface area (Å²) in [6.07, 6.45) is 6.55. The van der Waals surface area contributed by atoms with E-state index in [1.54, 1.807) is 30.7 Å². The van der Waals surface area contributed by atoms with Crippen molar-refractivity contribution in [2.75, 3.05) is 20.3 Å². The number of imidazole rings is 1. The predicted octanol–water partition coefficient (Wildman–Crippen LogP) is 4.33. The number of methoxy groups -OCH3 is 1. The number of benzene rings is 2. The summed E-state index contributed by atoms with van der Waals surface area (Å²) in [5.41, 5.74) is 0.771. The largest absolute Gasteiger partial charge is 0.507 e. The van der Waals surface area contributed by atoms with Crippen molar-refractivity contribution < 1.29 is 28.6 Å². The van der Waals surface area contributed by atoms with E-state index in [1.807, 2.05) is 17.7 Å². The van der Waals surface area contributed by atoms with E-state index in [0.29, 0.717) is 36.6 Å². The van der Waals surface area contributed by atoms with Crippen molar-refractivity contribution in [3.05, 3.63) is 83.7 Å². The molecule has 36 heavy (non-hydrogen) atoms. The Hall–Kier alpha value is -4.14. The number of hydrogen-bond acceptors (Lipinski definition) is 6. The maximum absolute atomic E-state index is 13.5. The fourth-order valence-corrected chi connectivity index (χ4v) is 4.25. The van der Waals surface area contributed by atoms with Gasteiger partial charge in [-0.25, -0.2) is 9.37 Å². The first-order valence-corrected chi connectivity index (χ1v) is 11.8. The summed E-state index contributed by atoms with van der Waals surface area (Å²) in [5, 5.41) is 11.1. The van der Waals surface area contributed by atoms with Crippen LogP contribution in [0.25, 0.3) is 5.76 Å². The van der Waals surface area contributed by atoms with Crippen LogP contribution in [0.1, 0.15) is 36.9 Å². The van der Waals surface area contributed by atoms with Gasteiger partial charge in [-0.3, -0.25) is 9.59 Å². The maximum atomic E-state index is 13.5. The first-order valence-electron chi connectivity index (χ1n) is 11.8. The van der Waals surface area contributed by atoms with Gasteiger partial charge in [0.25, 0.3) is 11.7 Å². The molecule has 4 rings (SSSR count). The van der Waals surface area contributed by atoms with Gasteiger partial charge in [-0.15, -0.1) is 0 Å². The number of amides is 1. The summed E-state index contributed by atoms with van der Waals surface area (Å²) in [7, 11) is 1.51. The molecule has 0 bridgehead atoms. The molecule has 1 saturated heterocycles. The third kappa shape index (κ3) is 5.10. The summed E-state index contributed by atoms with van der Waals surface area (Å²) in [5.74, 6) is -1.35. The van der Waals surface area contributed by atoms with Crippen LogP contribution in [0.2, 0.25) is 0 Å². The molecule has 1 aliphatic heterocycles. The van der Waals surface area contributed by atoms with Crippen molar-refractivity contribution in [2.24, 2.45) is 0 Å². The van der Waals surface area contributed by atoms with Crippen LogP contribution in [0.4, 0.5) is 4.39 Å². The van der Waals surface area contributed by atoms with Gasteiger partial charge in [0, 0.05) is 31.0 Å². The number of nitrogens with zero attached hydrogens (tertiary/aromatic N) is 3. The zero-order chi connectivity index (χ0) is 25.7. The summed E-state index contributed by atoms with van der Waals surface area (Å²) in [6, 6.07) is 9.46. The number of carbonyl (C=O) groups excluding carboxylic acids is 2. The molecule has 1 aliphatic rings. The van der Waals surface area contributed by atoms with Crippen LogP contribution in [0.3, 0.4) is 0 Å². The van der Waals surface area contributed by atoms with Gasteiger partial charge in [-0.05, 0) is 54.8 Å². The zero-order valence-electron chi connectivity index (χ0n) is 20.2. The van der Waals surface area contributed by atoms with E-state index < -0.39 is 23.5 Å². The van der Waals surface area contributed by atoms with E-state index >= 15 is 0 Å². The Morgan fingerprint density at radius 1 is 1.11 bits per heavy atom. The average Bonchev–Trinajstić information content (AvgIpc) is 3.49. The van der Waals surface area contributed by atoms with Crippen LogP contribution in [0.15, 0.2) is 66.8 Å². The molecular formula is C27H28FN3O5. The van der Waals surface area contributed by atoms with Crippen LogP contribution in [0, 0.1) is 5.82 Å². The fourth-order valence-electron chi connectivity index (χ4n) is 4.25. The number of ketones is 1. The molecule has 2 aromatic carbocycles. The first-order chi connectivity index (χ1) is 17.4. The van der Waals surface area contributed by atoms with Gasteiger partial charge < -0.3 is 24.0 Å². The fraction of sp³-hybridized carbons (Fsp3) is 0.296. The number of likely N-dealkylation sites (tertiary alicyclic amines) is 1. The van der Waals surface area contributed by atoms with E-state index in [4.69, 9.17) is 9.47 Å². The summed E-state index contributed by atoms with van der Waals surface area (Å²) in [6.45, 7) is 3.37. The van der Waals surface area contributed by atoms with E-state index in [-0.39, 0.29) is 23.4 Å². The number of halogens is 1. The molecule has 1 fully saturated rings. The minimum Gasteiger partial charge on any atom is -0.507 e. The first kappa shape index (κ1) is 25.0. The average molecular weight is 494 g/mol. The molecule has 8 nitrogen and oxygen atoms in total. The number of carbonyl (C=O) groups is 2. The molecule has 1 aromatic heterocycles. The van der Waals surface area contributed by atoms with Crippen LogP contribution < -0.4 is 9.47 Å². The number of aliphatic hydroxyl groups excluding tert-OH is 1. The van der Waals surface area contributed by atoms with E-state index in [0.717, 1.165) is 6.42 Å². The van der Waals surface area contributed by atoms with Crippen molar-refractivity contribution in [1.82, 2.24) is 14.5 Å². The molecule has 0 unspecified atom stereocenters. The second-order valence-electron chi connectivity index (χ2n) is 8.41. The van der Waals surface area contributed by atoms with Crippen LogP contribution >= 0.6 is 0 Å². The van der Waals surface area contributed by atoms with Crippen molar-refractivity contribution >= 4 is 17.4 Å². The van der Waals surface area contributed by atoms with E-state index in [2.05, 4.69) is 4.98 Å². The van der Waals surface area contributed by atoms with Gasteiger partial charge in [-0.2, -0.15) is 0 Å². The maximum Gasteiger partial charge on any atom is 0.295 e. The quantitative estimate of drug-likeness (QED) is 0.257. The lowest BCUT2D eigenvalue weighted by atomic mass is 9.95. The van der Waals surface area contributed by atoms with E-state index in [9.17, 15) is 19.1 Å². The molecule has 2 heterocycles. The Balaban J connectivity index is 1.75. The van der Waals surface area contributed by atoms with Crippen LogP contribution in [-0.2, 0) is 16.1 Å². The summed E-state index contributed by atoms with van der Waals surface area (Å²) < 4.78 is 26.6. The lowest BCUT2D eigenvalue weighted by Crippen LogP contribution is -2.31. The molecular weight excluding hydrogens is 465 g/mol. The lowest BCUT2D eigenvalue weighted by molar-refractivity contribution is -0.139. The van der Waals surface area contributed by atoms with Gasteiger partial charge in [0.1, 0.15) is 11.6 Å². The van der Waals surface area contributed by atoms with Crippen molar-refractivity contribution in [3.8, 4) is 11.5 Å². The highest BCUT2D eigenvalue weighted by Gasteiger charge is 2.46. The van der Waals surface area contributed by atoms with Crippen molar-refractivity contribution in [2.45, 2.75) is 32.4 Å². The van der Waals surface area contributed by atoms with Gasteiger partial charge in [0.05, 0.1) is 31.7 Å². The molecule has 1 atom stereocenters. The minimum atomic E-state index is -0.855.